The molecule has 11 N–H and O–H groups in total. The third-order valence-electron chi connectivity index (χ3n) is 15.1. The number of rotatable bonds is 6. The van der Waals surface area contributed by atoms with Crippen LogP contribution in [0.5, 0.6) is 0 Å². The van der Waals surface area contributed by atoms with E-state index < -0.39 is 59.9 Å². The van der Waals surface area contributed by atoms with Crippen LogP contribution in [0, 0.1) is 62.6 Å². The van der Waals surface area contributed by atoms with Crippen LogP contribution in [-0.2, 0) is 49.2 Å². The smallest absolute Gasteiger partial charge is 0.244 e. The lowest BCUT2D eigenvalue weighted by atomic mass is 10.2. The minimum absolute atomic E-state index is 0.0571. The van der Waals surface area contributed by atoms with E-state index in [4.69, 9.17) is 37.5 Å². The average molecular weight is 1500 g/mol. The number of sulfonamides is 2. The lowest BCUT2D eigenvalue weighted by Gasteiger charge is -2.10. The van der Waals surface area contributed by atoms with Crippen molar-refractivity contribution in [2.75, 3.05) is 81.9 Å². The molecule has 3 aliphatic heterocycles. The molecule has 0 amide bonds. The summed E-state index contributed by atoms with van der Waals surface area (Å²) in [6, 6.07) is 38.9. The highest BCUT2D eigenvalue weighted by molar-refractivity contribution is 7.93. The molecule has 0 aliphatic carbocycles. The molecule has 0 radical (unpaired) electrons. The van der Waals surface area contributed by atoms with E-state index in [0.717, 1.165) is 18.1 Å². The Morgan fingerprint density at radius 3 is 1.33 bits per heavy atom. The molecule has 101 heavy (non-hydrogen) atoms. The highest BCUT2D eigenvalue weighted by atomic mass is 35.5. The predicted molar refractivity (Wildman–Crippen MR) is 395 cm³/mol. The molecule has 32 heteroatoms. The zero-order valence-corrected chi connectivity index (χ0v) is 59.7. The van der Waals surface area contributed by atoms with Crippen LogP contribution in [0.25, 0.3) is 0 Å². The number of hydrogen-bond donors (Lipinski definition) is 11. The summed E-state index contributed by atoms with van der Waals surface area (Å²) in [5.41, 5.74) is 5.12. The van der Waals surface area contributed by atoms with Gasteiger partial charge in [-0.2, -0.15) is 24.4 Å². The van der Waals surface area contributed by atoms with Crippen molar-refractivity contribution in [1.82, 2.24) is 39.3 Å². The van der Waals surface area contributed by atoms with Crippen molar-refractivity contribution in [1.29, 1.82) is 14.3 Å². The molecule has 0 saturated carbocycles. The summed E-state index contributed by atoms with van der Waals surface area (Å²) in [7, 11) is -16.6. The quantitative estimate of drug-likeness (QED) is 0.0689. The topological polar surface area (TPSA) is 365 Å². The van der Waals surface area contributed by atoms with E-state index in [0.29, 0.717) is 141 Å². The molecular formula is C69H68Cl2FN17O7S5. The summed E-state index contributed by atoms with van der Waals surface area (Å²) in [6.45, 7) is 2.96. The van der Waals surface area contributed by atoms with Gasteiger partial charge in [0.1, 0.15) is 33.1 Å². The number of nitrogens with one attached hydrogen (secondary N) is 11. The Kier molecular flexibility index (Phi) is 24.6. The largest absolute Gasteiger partial charge is 0.369 e. The highest BCUT2D eigenvalue weighted by Crippen LogP contribution is 2.30. The van der Waals surface area contributed by atoms with Gasteiger partial charge in [-0.25, -0.2) is 63.1 Å². The third kappa shape index (κ3) is 20.7. The Bertz CT molecular complexity index is 5180. The molecule has 24 nitrogen and oxygen atoms in total. The van der Waals surface area contributed by atoms with E-state index >= 15 is 0 Å². The molecule has 0 saturated heterocycles. The van der Waals surface area contributed by atoms with Gasteiger partial charge in [0, 0.05) is 74.2 Å². The number of aromatic nitrogens is 6. The number of benzene rings is 6. The monoisotopic (exact) mass is 1500 g/mol. The number of nitrogens with zero attached hydrogens (tertiary/aromatic N) is 6. The fourth-order valence-corrected chi connectivity index (χ4v) is 17.0. The van der Waals surface area contributed by atoms with Crippen LogP contribution in [0.4, 0.5) is 56.8 Å². The van der Waals surface area contributed by atoms with Gasteiger partial charge in [0.15, 0.2) is 0 Å². The maximum absolute atomic E-state index is 14.0. The molecule has 3 atom stereocenters. The summed E-state index contributed by atoms with van der Waals surface area (Å²) in [6.07, 6.45) is 8.74. The normalized spacial score (nSPS) is 17.9. The molecule has 12 bridgehead atoms. The molecular weight excluding hydrogens is 1430 g/mol. The summed E-state index contributed by atoms with van der Waals surface area (Å²) >= 11 is 11.9. The average Bonchev–Trinajstić information content (AvgIpc) is 1.83. The van der Waals surface area contributed by atoms with Crippen LogP contribution in [0.15, 0.2) is 183 Å². The first-order valence-corrected chi connectivity index (χ1v) is 40.3. The Hall–Kier alpha value is -9.78. The molecule has 3 aromatic heterocycles. The lowest BCUT2D eigenvalue weighted by molar-refractivity contribution is 0.559. The van der Waals surface area contributed by atoms with Gasteiger partial charge in [-0.15, -0.1) is 0 Å². The lowest BCUT2D eigenvalue weighted by Crippen LogP contribution is -2.25. The Morgan fingerprint density at radius 1 is 0.485 bits per heavy atom. The predicted octanol–water partition coefficient (Wildman–Crippen LogP) is 12.3. The third-order valence-corrected chi connectivity index (χ3v) is 24.5. The van der Waals surface area contributed by atoms with E-state index in [1.54, 1.807) is 79.9 Å². The van der Waals surface area contributed by atoms with E-state index in [1.807, 2.05) is 36.4 Å². The first-order chi connectivity index (χ1) is 48.4. The maximum Gasteiger partial charge on any atom is 0.244 e. The summed E-state index contributed by atoms with van der Waals surface area (Å²) in [4.78, 5) is 27.4. The molecule has 12 rings (SSSR count). The molecule has 0 spiro atoms. The van der Waals surface area contributed by atoms with Crippen molar-refractivity contribution in [3.05, 3.63) is 202 Å². The SMILES string of the molecule is Cc1ccc(F)c(S(=O)(=O)NCC#Cc2cnc3nc2NCCCCS(=N)(=O)c2cccc(c2)N3)c1.N=S1(=O)CCCCNc2nc(ncc2C#CCNS(=O)(=O)c2cccc(Cl)c2Cl)Nc2cccc1c2.N=S1(=O)CCCCNc2nc(ncc2C#Cc2ccccc2)Nc2cccc1c2. The van der Waals surface area contributed by atoms with Crippen LogP contribution in [0.3, 0.4) is 0 Å². The molecule has 3 unspecified atom stereocenters. The minimum Gasteiger partial charge on any atom is -0.369 e. The van der Waals surface area contributed by atoms with Crippen molar-refractivity contribution in [2.24, 2.45) is 0 Å². The van der Waals surface area contributed by atoms with Gasteiger partial charge in [-0.1, -0.05) is 107 Å². The van der Waals surface area contributed by atoms with Gasteiger partial charge in [0.05, 0.1) is 87.6 Å². The van der Waals surface area contributed by atoms with Gasteiger partial charge in [0.25, 0.3) is 0 Å². The van der Waals surface area contributed by atoms with Crippen molar-refractivity contribution < 1.29 is 33.9 Å². The van der Waals surface area contributed by atoms with Crippen molar-refractivity contribution >= 4 is 125 Å². The minimum atomic E-state index is -4.07. The Morgan fingerprint density at radius 2 is 0.891 bits per heavy atom. The van der Waals surface area contributed by atoms with Crippen molar-refractivity contribution in [2.45, 2.75) is 69.9 Å². The first kappa shape index (κ1) is 73.9. The summed E-state index contributed by atoms with van der Waals surface area (Å²) < 4.78 is 132. The molecule has 0 fully saturated rings. The fraction of sp³-hybridized carbons (Fsp3) is 0.217. The fourth-order valence-electron chi connectivity index (χ4n) is 9.86. The molecule has 6 aromatic carbocycles. The van der Waals surface area contributed by atoms with Gasteiger partial charge < -0.3 is 31.9 Å². The zero-order valence-electron chi connectivity index (χ0n) is 54.1. The van der Waals surface area contributed by atoms with E-state index in [1.165, 1.54) is 42.7 Å². The number of aryl methyl sites for hydroxylation is 1. The highest BCUT2D eigenvalue weighted by Gasteiger charge is 2.22. The van der Waals surface area contributed by atoms with Gasteiger partial charge in [-0.05, 0) is 142 Å². The second-order valence-corrected chi connectivity index (χ2v) is 33.7. The second kappa shape index (κ2) is 33.6. The first-order valence-electron chi connectivity index (χ1n) is 31.4. The molecule has 6 heterocycles. The van der Waals surface area contributed by atoms with Crippen LogP contribution in [-0.4, -0.2) is 109 Å². The van der Waals surface area contributed by atoms with Gasteiger partial charge >= 0.3 is 0 Å². The number of anilines is 9. The van der Waals surface area contributed by atoms with Crippen LogP contribution in [0.2, 0.25) is 10.0 Å². The number of hydrogen-bond acceptors (Lipinski definition) is 22. The standard InChI is InChI=1S/C24H25FN6O3S2.C23H22Cl2N6O3S2.C22H21N5OS/c1-17-9-10-21(25)22(14-17)36(33,34)29-12-5-6-18-16-28-24-30-19-7-4-8-20(15-19)35(26,32)13-3-2-11-27-23(18)31-24;24-19-9-4-10-20(21(19)25)36(33,34)29-12-5-6-16-15-28-23-30-17-7-3-8-18(14-17)35(26,32)13-2-1-11-27-22(16)31-23;23-29(28)14-5-4-13-24-21-18(12-11-17-7-2-1-3-8-17)16-25-22(27-21)26-19-9-6-10-20(29)15-19/h4,7-10,14-16,26,29H,2-3,11-13H2,1H3,(H2,27,28,30,31);3-4,7-10,14-15,26,29H,1-2,11-13H2,(H2,27,28,30,31);1-3,6-10,15-16,23H,4-5,13-14H2,(H2,24,25,26,27). The maximum atomic E-state index is 14.0. The van der Waals surface area contributed by atoms with Crippen molar-refractivity contribution in [3.8, 4) is 35.5 Å². The summed E-state index contributed by atoms with van der Waals surface area (Å²) in [5.74, 6) is 20.1. The van der Waals surface area contributed by atoms with E-state index in [-0.39, 0.29) is 45.5 Å². The summed E-state index contributed by atoms with van der Waals surface area (Å²) in [5, 5.41) is 19.1. The number of halogens is 3. The molecule has 522 valence electrons. The Labute approximate surface area is 597 Å². The van der Waals surface area contributed by atoms with E-state index in [9.17, 15) is 33.9 Å². The van der Waals surface area contributed by atoms with Crippen molar-refractivity contribution in [3.63, 3.8) is 0 Å². The van der Waals surface area contributed by atoms with Gasteiger partial charge in [0.2, 0.25) is 37.9 Å². The van der Waals surface area contributed by atoms with Gasteiger partial charge in [-0.3, -0.25) is 0 Å². The molecule has 9 aromatic rings. The zero-order chi connectivity index (χ0) is 71.6. The second-order valence-electron chi connectivity index (χ2n) is 22.7. The number of fused-ring (bicyclic) bond motifs is 12. The van der Waals surface area contributed by atoms with Crippen LogP contribution < -0.4 is 41.3 Å². The van der Waals surface area contributed by atoms with Crippen LogP contribution >= 0.6 is 23.2 Å². The molecule has 3 aliphatic rings. The van der Waals surface area contributed by atoms with E-state index in [2.05, 4.69) is 107 Å². The van der Waals surface area contributed by atoms with Crippen LogP contribution in [0.1, 0.15) is 66.3 Å². The Balaban J connectivity index is 0.000000164.